The van der Waals surface area contributed by atoms with Crippen molar-refractivity contribution >= 4 is 17.4 Å². The third-order valence-electron chi connectivity index (χ3n) is 3.97. The molecule has 0 aliphatic rings. The normalized spacial score (nSPS) is 10.3. The number of rotatable bonds is 6. The first-order valence-electron chi connectivity index (χ1n) is 7.99. The molecule has 0 aliphatic heterocycles. The predicted molar refractivity (Wildman–Crippen MR) is 99.5 cm³/mol. The second kappa shape index (κ2) is 7.53. The van der Waals surface area contributed by atoms with Crippen LogP contribution in [0.25, 0.3) is 11.1 Å². The first-order chi connectivity index (χ1) is 12.6. The highest BCUT2D eigenvalue weighted by Gasteiger charge is 2.16. The molecule has 3 rings (SSSR count). The minimum atomic E-state index is -1.17. The lowest BCUT2D eigenvalue weighted by molar-refractivity contribution is 0.0698. The molecule has 0 saturated heterocycles. The van der Waals surface area contributed by atoms with Crippen molar-refractivity contribution in [2.45, 2.75) is 0 Å². The maximum absolute atomic E-state index is 12.3. The van der Waals surface area contributed by atoms with E-state index in [1.54, 1.807) is 12.1 Å². The van der Waals surface area contributed by atoms with Crippen LogP contribution in [0, 0.1) is 0 Å². The van der Waals surface area contributed by atoms with Gasteiger partial charge in [0.25, 0.3) is 0 Å². The Morgan fingerprint density at radius 1 is 0.808 bits per heavy atom. The molecular weight excluding hydrogens is 330 g/mol. The fourth-order valence-corrected chi connectivity index (χ4v) is 2.60. The second-order valence-electron chi connectivity index (χ2n) is 5.67. The van der Waals surface area contributed by atoms with E-state index in [1.165, 1.54) is 18.2 Å². The summed E-state index contributed by atoms with van der Waals surface area (Å²) in [5, 5.41) is 9.08. The quantitative estimate of drug-likeness (QED) is 0.521. The van der Waals surface area contributed by atoms with Crippen molar-refractivity contribution in [3.63, 3.8) is 0 Å². The van der Waals surface area contributed by atoms with Gasteiger partial charge in [-0.05, 0) is 35.4 Å². The minimum Gasteiger partial charge on any atom is -0.485 e. The Kier molecular flexibility index (Phi) is 4.99. The zero-order valence-corrected chi connectivity index (χ0v) is 13.9. The van der Waals surface area contributed by atoms with Gasteiger partial charge in [-0.15, -0.1) is 0 Å². The van der Waals surface area contributed by atoms with Gasteiger partial charge in [-0.3, -0.25) is 4.79 Å². The summed E-state index contributed by atoms with van der Waals surface area (Å²) in [6.07, 6.45) is 0. The van der Waals surface area contributed by atoms with Gasteiger partial charge in [-0.25, -0.2) is 4.79 Å². The summed E-state index contributed by atoms with van der Waals surface area (Å²) in [5.41, 5.74) is 7.92. The number of nitrogens with two attached hydrogens (primary N) is 1. The molecule has 0 radical (unpaired) electrons. The van der Waals surface area contributed by atoms with Gasteiger partial charge in [0.05, 0.1) is 11.3 Å². The molecule has 0 amide bonds. The van der Waals surface area contributed by atoms with Crippen LogP contribution in [0.2, 0.25) is 0 Å². The van der Waals surface area contributed by atoms with Crippen LogP contribution >= 0.6 is 0 Å². The van der Waals surface area contributed by atoms with Gasteiger partial charge in [-0.2, -0.15) is 0 Å². The molecular formula is C21H17NO4. The summed E-state index contributed by atoms with van der Waals surface area (Å²) < 4.78 is 5.52. The summed E-state index contributed by atoms with van der Waals surface area (Å²) in [6, 6.07) is 21.6. The number of ketones is 1. The molecule has 0 spiro atoms. The number of carboxylic acid groups (broad SMARTS) is 1. The average molecular weight is 347 g/mol. The summed E-state index contributed by atoms with van der Waals surface area (Å²) in [7, 11) is 0. The lowest BCUT2D eigenvalue weighted by atomic mass is 10.0. The Hall–Kier alpha value is -3.60. The third-order valence-corrected chi connectivity index (χ3v) is 3.97. The van der Waals surface area contributed by atoms with E-state index in [0.29, 0.717) is 5.75 Å². The number of nitrogen functional groups attached to an aromatic ring is 1. The molecule has 130 valence electrons. The van der Waals surface area contributed by atoms with Crippen LogP contribution in [0.3, 0.4) is 0 Å². The molecule has 26 heavy (non-hydrogen) atoms. The van der Waals surface area contributed by atoms with E-state index in [2.05, 4.69) is 0 Å². The summed E-state index contributed by atoms with van der Waals surface area (Å²) in [4.78, 5) is 23.4. The molecule has 3 aromatic carbocycles. The van der Waals surface area contributed by atoms with Crippen LogP contribution in [-0.4, -0.2) is 23.5 Å². The molecule has 0 bridgehead atoms. The van der Waals surface area contributed by atoms with Crippen molar-refractivity contribution < 1.29 is 19.4 Å². The molecule has 0 aliphatic carbocycles. The van der Waals surface area contributed by atoms with Crippen LogP contribution < -0.4 is 10.5 Å². The topological polar surface area (TPSA) is 89.6 Å². The van der Waals surface area contributed by atoms with Crippen LogP contribution in [0.15, 0.2) is 72.8 Å². The Balaban J connectivity index is 1.69. The molecule has 0 heterocycles. The largest absolute Gasteiger partial charge is 0.485 e. The molecule has 0 aromatic heterocycles. The SMILES string of the molecule is Nc1c(C(=O)O)cccc1C(=O)COc1ccc(-c2ccccc2)cc1. The molecule has 5 nitrogen and oxygen atoms in total. The standard InChI is InChI=1S/C21H17NO4/c22-20-17(7-4-8-18(20)21(24)25)19(23)13-26-16-11-9-15(10-12-16)14-5-2-1-3-6-14/h1-12H,13,22H2,(H,24,25). The summed E-state index contributed by atoms with van der Waals surface area (Å²) in [5.74, 6) is -1.00. The number of Topliss-reactive ketones (excluding diaryl/α,β-unsaturated/α-hetero) is 1. The number of carboxylic acids is 1. The fourth-order valence-electron chi connectivity index (χ4n) is 2.60. The van der Waals surface area contributed by atoms with Crippen molar-refractivity contribution in [3.8, 4) is 16.9 Å². The van der Waals surface area contributed by atoms with Crippen molar-refractivity contribution in [1.82, 2.24) is 0 Å². The molecule has 5 heteroatoms. The van der Waals surface area contributed by atoms with Gasteiger partial charge >= 0.3 is 5.97 Å². The molecule has 3 aromatic rings. The average Bonchev–Trinajstić information content (AvgIpc) is 2.67. The lowest BCUT2D eigenvalue weighted by Crippen LogP contribution is -2.15. The van der Waals surface area contributed by atoms with E-state index >= 15 is 0 Å². The van der Waals surface area contributed by atoms with E-state index in [1.807, 2.05) is 42.5 Å². The highest BCUT2D eigenvalue weighted by Crippen LogP contribution is 2.23. The highest BCUT2D eigenvalue weighted by molar-refractivity contribution is 6.06. The van der Waals surface area contributed by atoms with Gasteiger partial charge < -0.3 is 15.6 Å². The molecule has 0 atom stereocenters. The Labute approximate surface area is 150 Å². The van der Waals surface area contributed by atoms with Crippen molar-refractivity contribution in [2.24, 2.45) is 0 Å². The van der Waals surface area contributed by atoms with Gasteiger partial charge in [0.15, 0.2) is 6.61 Å². The van der Waals surface area contributed by atoms with Gasteiger partial charge in [0.2, 0.25) is 5.78 Å². The van der Waals surface area contributed by atoms with Gasteiger partial charge in [0.1, 0.15) is 5.75 Å². The van der Waals surface area contributed by atoms with E-state index < -0.39 is 5.97 Å². The highest BCUT2D eigenvalue weighted by atomic mass is 16.5. The Morgan fingerprint density at radius 3 is 2.08 bits per heavy atom. The van der Waals surface area contributed by atoms with E-state index in [9.17, 15) is 9.59 Å². The van der Waals surface area contributed by atoms with Crippen molar-refractivity contribution in [3.05, 3.63) is 83.9 Å². The Bertz CT molecular complexity index is 934. The minimum absolute atomic E-state index is 0.0481. The van der Waals surface area contributed by atoms with Gasteiger partial charge in [0, 0.05) is 5.56 Å². The summed E-state index contributed by atoms with van der Waals surface area (Å²) >= 11 is 0. The fraction of sp³-hybridized carbons (Fsp3) is 0.0476. The lowest BCUT2D eigenvalue weighted by Gasteiger charge is -2.09. The second-order valence-corrected chi connectivity index (χ2v) is 5.67. The first kappa shape index (κ1) is 17.2. The van der Waals surface area contributed by atoms with Crippen LogP contribution in [0.5, 0.6) is 5.75 Å². The zero-order valence-electron chi connectivity index (χ0n) is 13.9. The van der Waals surface area contributed by atoms with Crippen molar-refractivity contribution in [2.75, 3.05) is 12.3 Å². The number of hydrogen-bond acceptors (Lipinski definition) is 4. The molecule has 3 N–H and O–H groups in total. The molecule has 0 saturated carbocycles. The monoisotopic (exact) mass is 347 g/mol. The number of carbonyl (C=O) groups excluding carboxylic acids is 1. The van der Waals surface area contributed by atoms with E-state index in [-0.39, 0.29) is 29.2 Å². The number of carbonyl (C=O) groups is 2. The number of hydrogen-bond donors (Lipinski definition) is 2. The first-order valence-corrected chi connectivity index (χ1v) is 7.99. The van der Waals surface area contributed by atoms with Crippen LogP contribution in [0.4, 0.5) is 5.69 Å². The molecule has 0 unspecified atom stereocenters. The number of para-hydroxylation sites is 1. The smallest absolute Gasteiger partial charge is 0.337 e. The molecule has 0 fully saturated rings. The maximum Gasteiger partial charge on any atom is 0.337 e. The van der Waals surface area contributed by atoms with E-state index in [4.69, 9.17) is 15.6 Å². The van der Waals surface area contributed by atoms with Crippen LogP contribution in [-0.2, 0) is 0 Å². The van der Waals surface area contributed by atoms with E-state index in [0.717, 1.165) is 11.1 Å². The zero-order chi connectivity index (χ0) is 18.5. The Morgan fingerprint density at radius 2 is 1.42 bits per heavy atom. The number of aromatic carboxylic acids is 1. The third kappa shape index (κ3) is 3.72. The number of anilines is 1. The maximum atomic E-state index is 12.3. The number of benzene rings is 3. The van der Waals surface area contributed by atoms with Crippen LogP contribution in [0.1, 0.15) is 20.7 Å². The van der Waals surface area contributed by atoms with Crippen molar-refractivity contribution in [1.29, 1.82) is 0 Å². The number of ether oxygens (including phenoxy) is 1. The summed E-state index contributed by atoms with van der Waals surface area (Å²) in [6.45, 7) is -0.224. The van der Waals surface area contributed by atoms with Gasteiger partial charge in [-0.1, -0.05) is 48.5 Å². The predicted octanol–water partition coefficient (Wildman–Crippen LogP) is 3.90.